The van der Waals surface area contributed by atoms with Crippen LogP contribution in [0.15, 0.2) is 53.4 Å². The van der Waals surface area contributed by atoms with E-state index in [1.165, 1.54) is 6.92 Å². The zero-order valence-electron chi connectivity index (χ0n) is 20.2. The highest BCUT2D eigenvalue weighted by Crippen LogP contribution is 2.30. The van der Waals surface area contributed by atoms with Crippen molar-refractivity contribution in [3.63, 3.8) is 0 Å². The monoisotopic (exact) mass is 513 g/mol. The van der Waals surface area contributed by atoms with E-state index < -0.39 is 22.0 Å². The summed E-state index contributed by atoms with van der Waals surface area (Å²) in [5.74, 6) is -0.999. The predicted molar refractivity (Wildman–Crippen MR) is 139 cm³/mol. The Bertz CT molecular complexity index is 1410. The van der Waals surface area contributed by atoms with Gasteiger partial charge in [0.2, 0.25) is 5.91 Å². The molecule has 0 spiro atoms. The van der Waals surface area contributed by atoms with Gasteiger partial charge in [0.15, 0.2) is 0 Å². The minimum absolute atomic E-state index is 0.164. The molecule has 0 bridgehead atoms. The summed E-state index contributed by atoms with van der Waals surface area (Å²) in [5.41, 5.74) is 10.4. The lowest BCUT2D eigenvalue weighted by atomic mass is 9.95. The van der Waals surface area contributed by atoms with Gasteiger partial charge in [0.05, 0.1) is 4.90 Å². The van der Waals surface area contributed by atoms with Crippen molar-refractivity contribution in [2.24, 2.45) is 5.73 Å². The molecule has 35 heavy (non-hydrogen) atoms. The van der Waals surface area contributed by atoms with E-state index in [-0.39, 0.29) is 10.8 Å². The van der Waals surface area contributed by atoms with E-state index in [0.29, 0.717) is 38.5 Å². The molecule has 0 saturated carbocycles. The fourth-order valence-corrected chi connectivity index (χ4v) is 5.42. The predicted octanol–water partition coefficient (Wildman–Crippen LogP) is 4.65. The van der Waals surface area contributed by atoms with Crippen molar-refractivity contribution in [3.8, 4) is 11.1 Å². The van der Waals surface area contributed by atoms with Gasteiger partial charge in [0.1, 0.15) is 6.04 Å². The van der Waals surface area contributed by atoms with Gasteiger partial charge in [0, 0.05) is 16.3 Å². The van der Waals surface area contributed by atoms with Gasteiger partial charge in [-0.1, -0.05) is 35.9 Å². The molecule has 1 atom stereocenters. The van der Waals surface area contributed by atoms with Gasteiger partial charge in [-0.05, 0) is 92.3 Å². The number of nitrogens with one attached hydrogen (secondary N) is 2. The second-order valence-corrected chi connectivity index (χ2v) is 10.7. The van der Waals surface area contributed by atoms with Crippen molar-refractivity contribution in [2.75, 3.05) is 4.72 Å². The summed E-state index contributed by atoms with van der Waals surface area (Å²) >= 11 is 6.12. The zero-order valence-corrected chi connectivity index (χ0v) is 21.8. The molecular formula is C26H28ClN3O4S. The number of hydrogen-bond donors (Lipinski definition) is 3. The average molecular weight is 514 g/mol. The van der Waals surface area contributed by atoms with Crippen molar-refractivity contribution in [3.05, 3.63) is 81.4 Å². The van der Waals surface area contributed by atoms with E-state index in [2.05, 4.69) is 10.0 Å². The van der Waals surface area contributed by atoms with Crippen LogP contribution in [-0.4, -0.2) is 26.3 Å². The smallest absolute Gasteiger partial charge is 0.262 e. The Morgan fingerprint density at radius 2 is 1.51 bits per heavy atom. The van der Waals surface area contributed by atoms with Crippen LogP contribution in [0.2, 0.25) is 5.02 Å². The lowest BCUT2D eigenvalue weighted by molar-refractivity contribution is -0.119. The summed E-state index contributed by atoms with van der Waals surface area (Å²) in [6, 6.07) is 13.1. The standard InChI is InChI=1S/C26H28ClN3O4S/c1-14-12-23(15(2)11-22(14)27)35(33,34)30-21-8-6-7-19(13-21)20-9-16(3)24(17(4)10-20)26(32)29-18(5)25(28)31/h6-13,18,30H,1-5H3,(H2,28,31)(H,29,32)/t18-/m0/s1. The Morgan fingerprint density at radius 3 is 2.11 bits per heavy atom. The van der Waals surface area contributed by atoms with E-state index in [9.17, 15) is 18.0 Å². The maximum absolute atomic E-state index is 13.1. The van der Waals surface area contributed by atoms with E-state index in [1.807, 2.05) is 18.2 Å². The van der Waals surface area contributed by atoms with Crippen molar-refractivity contribution in [1.29, 1.82) is 0 Å². The second kappa shape index (κ2) is 10.1. The number of aryl methyl sites for hydroxylation is 4. The number of carbonyl (C=O) groups excluding carboxylic acids is 2. The van der Waals surface area contributed by atoms with Crippen LogP contribution in [0.1, 0.15) is 39.5 Å². The minimum Gasteiger partial charge on any atom is -0.368 e. The molecule has 184 valence electrons. The molecule has 9 heteroatoms. The molecule has 0 aliphatic carbocycles. The first kappa shape index (κ1) is 26.2. The van der Waals surface area contributed by atoms with Crippen LogP contribution in [0.25, 0.3) is 11.1 Å². The summed E-state index contributed by atoms with van der Waals surface area (Å²) < 4.78 is 28.8. The second-order valence-electron chi connectivity index (χ2n) is 8.64. The number of hydrogen-bond acceptors (Lipinski definition) is 4. The first-order valence-corrected chi connectivity index (χ1v) is 12.8. The zero-order chi connectivity index (χ0) is 26.1. The molecule has 0 unspecified atom stereocenters. The third-order valence-corrected chi connectivity index (χ3v) is 7.66. The third-order valence-electron chi connectivity index (χ3n) is 5.73. The van der Waals surface area contributed by atoms with Gasteiger partial charge in [0.25, 0.3) is 15.9 Å². The Labute approximate surface area is 210 Å². The average Bonchev–Trinajstić information content (AvgIpc) is 2.75. The van der Waals surface area contributed by atoms with Crippen molar-refractivity contribution in [1.82, 2.24) is 5.32 Å². The van der Waals surface area contributed by atoms with Gasteiger partial charge >= 0.3 is 0 Å². The number of halogens is 1. The number of carbonyl (C=O) groups is 2. The number of sulfonamides is 1. The molecule has 0 radical (unpaired) electrons. The SMILES string of the molecule is Cc1cc(S(=O)(=O)Nc2cccc(-c3cc(C)c(C(=O)N[C@@H](C)C(N)=O)c(C)c3)c2)c(C)cc1Cl. The topological polar surface area (TPSA) is 118 Å². The van der Waals surface area contributed by atoms with Gasteiger partial charge < -0.3 is 11.1 Å². The van der Waals surface area contributed by atoms with Crippen LogP contribution in [0.4, 0.5) is 5.69 Å². The number of primary amides is 1. The highest BCUT2D eigenvalue weighted by molar-refractivity contribution is 7.92. The summed E-state index contributed by atoms with van der Waals surface area (Å²) in [6.45, 7) is 8.59. The molecule has 3 aromatic rings. The van der Waals surface area contributed by atoms with Crippen molar-refractivity contribution < 1.29 is 18.0 Å². The molecular weight excluding hydrogens is 486 g/mol. The van der Waals surface area contributed by atoms with E-state index in [0.717, 1.165) is 11.1 Å². The maximum Gasteiger partial charge on any atom is 0.262 e. The molecule has 3 rings (SSSR count). The van der Waals surface area contributed by atoms with Crippen LogP contribution >= 0.6 is 11.6 Å². The summed E-state index contributed by atoms with van der Waals surface area (Å²) in [6.07, 6.45) is 0. The summed E-state index contributed by atoms with van der Waals surface area (Å²) in [5, 5.41) is 3.11. The number of benzene rings is 3. The van der Waals surface area contributed by atoms with E-state index >= 15 is 0 Å². The summed E-state index contributed by atoms with van der Waals surface area (Å²) in [4.78, 5) is 24.1. The minimum atomic E-state index is -3.83. The molecule has 0 aliphatic heterocycles. The van der Waals surface area contributed by atoms with Gasteiger partial charge in [-0.25, -0.2) is 8.42 Å². The van der Waals surface area contributed by atoms with Crippen LogP contribution < -0.4 is 15.8 Å². The fraction of sp³-hybridized carbons (Fsp3) is 0.231. The highest BCUT2D eigenvalue weighted by atomic mass is 35.5. The normalized spacial score (nSPS) is 12.2. The van der Waals surface area contributed by atoms with Crippen LogP contribution in [0.5, 0.6) is 0 Å². The molecule has 0 heterocycles. The number of anilines is 1. The molecule has 0 fully saturated rings. The molecule has 4 N–H and O–H groups in total. The number of amides is 2. The maximum atomic E-state index is 13.1. The number of rotatable bonds is 7. The Kier molecular flexibility index (Phi) is 7.57. The van der Waals surface area contributed by atoms with Crippen LogP contribution in [-0.2, 0) is 14.8 Å². The summed E-state index contributed by atoms with van der Waals surface area (Å²) in [7, 11) is -3.83. The quantitative estimate of drug-likeness (QED) is 0.426. The van der Waals surface area contributed by atoms with E-state index in [1.54, 1.807) is 58.0 Å². The Morgan fingerprint density at radius 1 is 0.886 bits per heavy atom. The molecule has 3 aromatic carbocycles. The first-order valence-electron chi connectivity index (χ1n) is 10.9. The van der Waals surface area contributed by atoms with Crippen LogP contribution in [0, 0.1) is 27.7 Å². The largest absolute Gasteiger partial charge is 0.368 e. The Hall–Kier alpha value is -3.36. The first-order chi connectivity index (χ1) is 16.3. The van der Waals surface area contributed by atoms with Crippen molar-refractivity contribution >= 4 is 39.1 Å². The fourth-order valence-electron chi connectivity index (χ4n) is 3.84. The molecule has 7 nitrogen and oxygen atoms in total. The lowest BCUT2D eigenvalue weighted by Crippen LogP contribution is -2.42. The lowest BCUT2D eigenvalue weighted by Gasteiger charge is -2.16. The molecule has 0 aliphatic rings. The van der Waals surface area contributed by atoms with Crippen LogP contribution in [0.3, 0.4) is 0 Å². The van der Waals surface area contributed by atoms with Gasteiger partial charge in [-0.2, -0.15) is 0 Å². The third kappa shape index (κ3) is 5.83. The molecule has 0 aromatic heterocycles. The van der Waals surface area contributed by atoms with Gasteiger partial charge in [-0.15, -0.1) is 0 Å². The highest BCUT2D eigenvalue weighted by Gasteiger charge is 2.20. The Balaban J connectivity index is 1.92. The molecule has 2 amide bonds. The van der Waals surface area contributed by atoms with Crippen molar-refractivity contribution in [2.45, 2.75) is 45.6 Å². The van der Waals surface area contributed by atoms with Gasteiger partial charge in [-0.3, -0.25) is 14.3 Å². The molecule has 0 saturated heterocycles. The van der Waals surface area contributed by atoms with E-state index in [4.69, 9.17) is 17.3 Å². The number of nitrogens with two attached hydrogens (primary N) is 1.